The number of rotatable bonds is 5. The summed E-state index contributed by atoms with van der Waals surface area (Å²) in [7, 11) is 5.92. The van der Waals surface area contributed by atoms with Gasteiger partial charge in [0.25, 0.3) is 0 Å². The lowest BCUT2D eigenvalue weighted by Crippen LogP contribution is -2.26. The van der Waals surface area contributed by atoms with E-state index in [2.05, 4.69) is 21.4 Å². The largest absolute Gasteiger partial charge is 0.381 e. The van der Waals surface area contributed by atoms with Crippen LogP contribution in [-0.4, -0.2) is 35.3 Å². The van der Waals surface area contributed by atoms with E-state index in [0.717, 1.165) is 5.56 Å². The van der Waals surface area contributed by atoms with E-state index in [1.807, 2.05) is 33.5 Å². The van der Waals surface area contributed by atoms with Crippen LogP contribution in [0.4, 0.5) is 5.69 Å². The molecule has 0 aliphatic carbocycles. The first-order valence-electron chi connectivity index (χ1n) is 6.60. The topological polar surface area (TPSA) is 56.9 Å². The highest BCUT2D eigenvalue weighted by molar-refractivity contribution is 6.33. The molecule has 0 fully saturated rings. The van der Waals surface area contributed by atoms with Crippen LogP contribution in [0.5, 0.6) is 0 Å². The predicted molar refractivity (Wildman–Crippen MR) is 84.3 cm³/mol. The lowest BCUT2D eigenvalue weighted by atomic mass is 10.1. The number of nitriles is 1. The number of benzene rings is 1. The number of aryl methyl sites for hydroxylation is 1. The van der Waals surface area contributed by atoms with Gasteiger partial charge in [0.1, 0.15) is 6.07 Å². The van der Waals surface area contributed by atoms with Crippen LogP contribution in [0.1, 0.15) is 17.2 Å². The molecule has 1 heterocycles. The van der Waals surface area contributed by atoms with Gasteiger partial charge in [0, 0.05) is 25.4 Å². The number of halogens is 1. The molecular weight excluding hydrogens is 286 g/mol. The number of hydrogen-bond donors (Lipinski definition) is 1. The number of nitrogens with zero attached hydrogens (tertiary/aromatic N) is 4. The van der Waals surface area contributed by atoms with Gasteiger partial charge in [-0.1, -0.05) is 17.7 Å². The van der Waals surface area contributed by atoms with Crippen LogP contribution in [0.3, 0.4) is 0 Å². The third-order valence-corrected chi connectivity index (χ3v) is 3.65. The van der Waals surface area contributed by atoms with E-state index in [4.69, 9.17) is 16.9 Å². The summed E-state index contributed by atoms with van der Waals surface area (Å²) >= 11 is 6.18. The van der Waals surface area contributed by atoms with Gasteiger partial charge in [0.15, 0.2) is 0 Å². The second-order valence-corrected chi connectivity index (χ2v) is 5.49. The maximum Gasteiger partial charge on any atom is 0.101 e. The van der Waals surface area contributed by atoms with Gasteiger partial charge in [-0.15, -0.1) is 0 Å². The van der Waals surface area contributed by atoms with E-state index in [-0.39, 0.29) is 6.04 Å². The van der Waals surface area contributed by atoms with Crippen LogP contribution in [0.15, 0.2) is 30.6 Å². The lowest BCUT2D eigenvalue weighted by Gasteiger charge is -2.24. The average Bonchev–Trinajstić information content (AvgIpc) is 2.86. The highest BCUT2D eigenvalue weighted by Gasteiger charge is 2.17. The van der Waals surface area contributed by atoms with E-state index in [1.54, 1.807) is 22.9 Å². The zero-order chi connectivity index (χ0) is 15.4. The molecule has 110 valence electrons. The average molecular weight is 304 g/mol. The summed E-state index contributed by atoms with van der Waals surface area (Å²) in [5, 5.41) is 17.2. The second kappa shape index (κ2) is 6.61. The minimum Gasteiger partial charge on any atom is -0.381 e. The molecule has 5 nitrogen and oxygen atoms in total. The van der Waals surface area contributed by atoms with E-state index in [1.165, 1.54) is 0 Å². The molecule has 1 aromatic carbocycles. The van der Waals surface area contributed by atoms with Gasteiger partial charge >= 0.3 is 0 Å². The number of nitrogens with one attached hydrogen (secondary N) is 1. The minimum atomic E-state index is 0.140. The molecule has 0 amide bonds. The normalized spacial score (nSPS) is 12.2. The summed E-state index contributed by atoms with van der Waals surface area (Å²) in [6, 6.07) is 7.60. The Morgan fingerprint density at radius 1 is 1.48 bits per heavy atom. The Bertz CT molecular complexity index is 656. The molecule has 0 aliphatic rings. The summed E-state index contributed by atoms with van der Waals surface area (Å²) in [6.07, 6.45) is 3.84. The van der Waals surface area contributed by atoms with Crippen molar-refractivity contribution in [1.82, 2.24) is 14.7 Å². The van der Waals surface area contributed by atoms with Gasteiger partial charge in [-0.3, -0.25) is 4.68 Å². The van der Waals surface area contributed by atoms with Crippen LogP contribution in [-0.2, 0) is 7.05 Å². The van der Waals surface area contributed by atoms with Crippen LogP contribution in [0, 0.1) is 11.3 Å². The fourth-order valence-corrected chi connectivity index (χ4v) is 2.45. The Hall–Kier alpha value is -2.03. The molecule has 6 heteroatoms. The molecule has 1 N–H and O–H groups in total. The van der Waals surface area contributed by atoms with Gasteiger partial charge in [0.05, 0.1) is 28.5 Å². The summed E-state index contributed by atoms with van der Waals surface area (Å²) < 4.78 is 1.78. The molecule has 21 heavy (non-hydrogen) atoms. The SMILES string of the molecule is CN(C)[C@@H](CNc1c(Cl)cccc1C#N)c1cnn(C)c1. The third-order valence-electron chi connectivity index (χ3n) is 3.34. The van der Waals surface area contributed by atoms with Crippen molar-refractivity contribution < 1.29 is 0 Å². The Balaban J connectivity index is 2.19. The fraction of sp³-hybridized carbons (Fsp3) is 0.333. The van der Waals surface area contributed by atoms with E-state index < -0.39 is 0 Å². The number of aromatic nitrogens is 2. The number of hydrogen-bond acceptors (Lipinski definition) is 4. The van der Waals surface area contributed by atoms with Crippen molar-refractivity contribution in [3.63, 3.8) is 0 Å². The van der Waals surface area contributed by atoms with Crippen molar-refractivity contribution in [3.05, 3.63) is 46.7 Å². The Labute approximate surface area is 129 Å². The fourth-order valence-electron chi connectivity index (χ4n) is 2.21. The molecule has 0 radical (unpaired) electrons. The molecular formula is C15H18ClN5. The van der Waals surface area contributed by atoms with Crippen molar-refractivity contribution in [2.75, 3.05) is 26.0 Å². The van der Waals surface area contributed by atoms with Crippen LogP contribution in [0.2, 0.25) is 5.02 Å². The van der Waals surface area contributed by atoms with Gasteiger partial charge in [-0.05, 0) is 26.2 Å². The third kappa shape index (κ3) is 3.54. The summed E-state index contributed by atoms with van der Waals surface area (Å²) in [4.78, 5) is 2.10. The molecule has 0 saturated carbocycles. The first-order valence-corrected chi connectivity index (χ1v) is 6.98. The summed E-state index contributed by atoms with van der Waals surface area (Å²) in [5.74, 6) is 0. The molecule has 2 aromatic rings. The molecule has 0 bridgehead atoms. The van der Waals surface area contributed by atoms with Crippen LogP contribution in [0.25, 0.3) is 0 Å². The Morgan fingerprint density at radius 3 is 2.81 bits per heavy atom. The number of para-hydroxylation sites is 1. The monoisotopic (exact) mass is 303 g/mol. The maximum atomic E-state index is 9.17. The zero-order valence-electron chi connectivity index (χ0n) is 12.3. The van der Waals surface area contributed by atoms with E-state index in [0.29, 0.717) is 22.8 Å². The van der Waals surface area contributed by atoms with Crippen molar-refractivity contribution >= 4 is 17.3 Å². The molecule has 0 unspecified atom stereocenters. The van der Waals surface area contributed by atoms with Gasteiger partial charge in [0.2, 0.25) is 0 Å². The zero-order valence-corrected chi connectivity index (χ0v) is 13.1. The lowest BCUT2D eigenvalue weighted by molar-refractivity contribution is 0.311. The minimum absolute atomic E-state index is 0.140. The van der Waals surface area contributed by atoms with Gasteiger partial charge in [-0.25, -0.2) is 0 Å². The van der Waals surface area contributed by atoms with Gasteiger partial charge < -0.3 is 10.2 Å². The highest BCUT2D eigenvalue weighted by Crippen LogP contribution is 2.27. The molecule has 0 aliphatic heterocycles. The predicted octanol–water partition coefficient (Wildman–Crippen LogP) is 2.66. The van der Waals surface area contributed by atoms with E-state index >= 15 is 0 Å². The van der Waals surface area contributed by atoms with E-state index in [9.17, 15) is 0 Å². The Kier molecular flexibility index (Phi) is 4.84. The van der Waals surface area contributed by atoms with Crippen LogP contribution < -0.4 is 5.32 Å². The van der Waals surface area contributed by atoms with Gasteiger partial charge in [-0.2, -0.15) is 10.4 Å². The van der Waals surface area contributed by atoms with Crippen molar-refractivity contribution in [2.45, 2.75) is 6.04 Å². The van der Waals surface area contributed by atoms with Crippen molar-refractivity contribution in [3.8, 4) is 6.07 Å². The second-order valence-electron chi connectivity index (χ2n) is 5.08. The first-order chi connectivity index (χ1) is 10.0. The standard InChI is InChI=1S/C15H18ClN5/c1-20(2)14(12-8-19-21(3)10-12)9-18-15-11(7-17)5-4-6-13(15)16/h4-6,8,10,14,18H,9H2,1-3H3/t14-/m0/s1. The quantitative estimate of drug-likeness (QED) is 0.922. The number of anilines is 1. The van der Waals surface area contributed by atoms with Crippen LogP contribution >= 0.6 is 11.6 Å². The molecule has 0 spiro atoms. The summed E-state index contributed by atoms with van der Waals surface area (Å²) in [6.45, 7) is 0.636. The highest BCUT2D eigenvalue weighted by atomic mass is 35.5. The maximum absolute atomic E-state index is 9.17. The molecule has 1 aromatic heterocycles. The molecule has 2 rings (SSSR count). The smallest absolute Gasteiger partial charge is 0.101 e. The summed E-state index contributed by atoms with van der Waals surface area (Å²) in [5.41, 5.74) is 2.34. The Morgan fingerprint density at radius 2 is 2.24 bits per heavy atom. The number of likely N-dealkylation sites (N-methyl/N-ethyl adjacent to an activating group) is 1. The molecule has 0 saturated heterocycles. The van der Waals surface area contributed by atoms with Crippen molar-refractivity contribution in [1.29, 1.82) is 5.26 Å². The molecule has 1 atom stereocenters. The van der Waals surface area contributed by atoms with Crippen molar-refractivity contribution in [2.24, 2.45) is 7.05 Å². The first kappa shape index (κ1) is 15.4.